The molecule has 3 aromatic rings. The van der Waals surface area contributed by atoms with E-state index in [0.717, 1.165) is 31.2 Å². The summed E-state index contributed by atoms with van der Waals surface area (Å²) in [7, 11) is 0. The lowest BCUT2D eigenvalue weighted by atomic mass is 9.95. The second kappa shape index (κ2) is 8.18. The molecule has 2 bridgehead atoms. The van der Waals surface area contributed by atoms with E-state index in [9.17, 15) is 9.18 Å². The molecule has 1 amide bonds. The van der Waals surface area contributed by atoms with Gasteiger partial charge in [-0.2, -0.15) is 0 Å². The third-order valence-corrected chi connectivity index (χ3v) is 7.36. The number of amides is 1. The third-order valence-electron chi connectivity index (χ3n) is 7.36. The molecule has 0 spiro atoms. The van der Waals surface area contributed by atoms with Crippen LogP contribution in [0.4, 0.5) is 9.18 Å². The molecular weight excluding hydrogens is 413 g/mol. The van der Waals surface area contributed by atoms with Crippen LogP contribution in [0.25, 0.3) is 11.1 Å². The lowest BCUT2D eigenvalue weighted by Gasteiger charge is -2.33. The molecule has 1 aliphatic carbocycles. The minimum Gasteiger partial charge on any atom is -0.448 e. The molecule has 0 saturated carbocycles. The monoisotopic (exact) mass is 439 g/mol. The summed E-state index contributed by atoms with van der Waals surface area (Å²) >= 11 is 0. The van der Waals surface area contributed by atoms with Gasteiger partial charge in [-0.15, -0.1) is 0 Å². The smallest absolute Gasteiger partial charge is 0.410 e. The van der Waals surface area contributed by atoms with E-state index in [1.807, 2.05) is 17.0 Å². The molecule has 2 aliphatic heterocycles. The Balaban J connectivity index is 1.16. The van der Waals surface area contributed by atoms with Crippen LogP contribution < -0.4 is 0 Å². The molecule has 166 valence electrons. The minimum absolute atomic E-state index is 0.0772. The summed E-state index contributed by atoms with van der Waals surface area (Å²) in [6, 6.07) is 23.8. The van der Waals surface area contributed by atoms with E-state index < -0.39 is 0 Å². The number of benzene rings is 3. The van der Waals surface area contributed by atoms with Crippen LogP contribution in [0.1, 0.15) is 41.9 Å². The first-order chi connectivity index (χ1) is 16.2. The van der Waals surface area contributed by atoms with Gasteiger partial charge in [0.15, 0.2) is 0 Å². The summed E-state index contributed by atoms with van der Waals surface area (Å²) in [4.78, 5) is 15.1. The number of hydrogen-bond acceptors (Lipinski definition) is 2. The summed E-state index contributed by atoms with van der Waals surface area (Å²) in [5.74, 6) is -0.133. The summed E-state index contributed by atoms with van der Waals surface area (Å²) in [6.45, 7) is 0.356. The minimum atomic E-state index is -0.210. The second-order valence-corrected chi connectivity index (χ2v) is 9.34. The molecule has 0 aromatic heterocycles. The molecule has 2 heterocycles. The molecule has 0 radical (unpaired) electrons. The highest BCUT2D eigenvalue weighted by Crippen LogP contribution is 2.45. The normalized spacial score (nSPS) is 20.9. The van der Waals surface area contributed by atoms with Crippen LogP contribution in [0.5, 0.6) is 0 Å². The number of hydrogen-bond donors (Lipinski definition) is 0. The molecule has 4 heteroatoms. The Bertz CT molecular complexity index is 1190. The number of carbonyl (C=O) groups is 1. The van der Waals surface area contributed by atoms with Crippen molar-refractivity contribution in [1.82, 2.24) is 4.90 Å². The number of fused-ring (bicyclic) bond motifs is 5. The molecule has 3 nitrogen and oxygen atoms in total. The Morgan fingerprint density at radius 3 is 2.24 bits per heavy atom. The van der Waals surface area contributed by atoms with Gasteiger partial charge in [0.05, 0.1) is 6.04 Å². The molecule has 1 saturated heterocycles. The molecule has 33 heavy (non-hydrogen) atoms. The number of rotatable bonds is 4. The first-order valence-electron chi connectivity index (χ1n) is 11.7. The predicted molar refractivity (Wildman–Crippen MR) is 127 cm³/mol. The highest BCUT2D eigenvalue weighted by atomic mass is 19.1. The van der Waals surface area contributed by atoms with Crippen LogP contribution >= 0.6 is 0 Å². The Morgan fingerprint density at radius 2 is 1.58 bits per heavy atom. The number of ether oxygens (including phenoxy) is 1. The lowest BCUT2D eigenvalue weighted by Crippen LogP contribution is -2.44. The van der Waals surface area contributed by atoms with Crippen molar-refractivity contribution in [3.8, 4) is 11.1 Å². The fourth-order valence-corrected chi connectivity index (χ4v) is 5.87. The van der Waals surface area contributed by atoms with Crippen molar-refractivity contribution in [1.29, 1.82) is 0 Å². The van der Waals surface area contributed by atoms with Crippen molar-refractivity contribution >= 4 is 6.09 Å². The van der Waals surface area contributed by atoms with Gasteiger partial charge in [0, 0.05) is 12.0 Å². The van der Waals surface area contributed by atoms with Crippen LogP contribution in [-0.2, 0) is 11.2 Å². The summed E-state index contributed by atoms with van der Waals surface area (Å²) in [5.41, 5.74) is 7.37. The fourth-order valence-electron chi connectivity index (χ4n) is 5.87. The first-order valence-corrected chi connectivity index (χ1v) is 11.7. The van der Waals surface area contributed by atoms with Gasteiger partial charge in [0.25, 0.3) is 0 Å². The molecule has 2 unspecified atom stereocenters. The van der Waals surface area contributed by atoms with E-state index in [2.05, 4.69) is 54.6 Å². The fraction of sp³-hybridized carbons (Fsp3) is 0.276. The molecule has 1 fully saturated rings. The van der Waals surface area contributed by atoms with Crippen LogP contribution in [0, 0.1) is 5.82 Å². The Hall–Kier alpha value is -3.40. The van der Waals surface area contributed by atoms with Gasteiger partial charge < -0.3 is 4.74 Å². The van der Waals surface area contributed by atoms with Crippen LogP contribution in [0.15, 0.2) is 84.4 Å². The summed E-state index contributed by atoms with van der Waals surface area (Å²) in [6.07, 6.45) is 5.67. The van der Waals surface area contributed by atoms with Gasteiger partial charge in [-0.05, 0) is 65.6 Å². The molecule has 6 rings (SSSR count). The van der Waals surface area contributed by atoms with E-state index in [1.165, 1.54) is 40.0 Å². The van der Waals surface area contributed by atoms with Crippen molar-refractivity contribution in [2.45, 2.75) is 43.7 Å². The van der Waals surface area contributed by atoms with E-state index in [0.29, 0.717) is 6.61 Å². The van der Waals surface area contributed by atoms with Crippen LogP contribution in [-0.4, -0.2) is 29.7 Å². The van der Waals surface area contributed by atoms with Crippen molar-refractivity contribution in [2.75, 3.05) is 6.61 Å². The number of nitrogens with zero attached hydrogens (tertiary/aromatic N) is 1. The molecule has 3 aromatic carbocycles. The Labute approximate surface area is 193 Å². The average molecular weight is 440 g/mol. The van der Waals surface area contributed by atoms with E-state index in [1.54, 1.807) is 0 Å². The second-order valence-electron chi connectivity index (χ2n) is 9.34. The maximum absolute atomic E-state index is 13.2. The maximum Gasteiger partial charge on any atom is 0.410 e. The predicted octanol–water partition coefficient (Wildman–Crippen LogP) is 6.48. The van der Waals surface area contributed by atoms with Gasteiger partial charge in [-0.1, -0.05) is 72.3 Å². The third kappa shape index (κ3) is 3.64. The SMILES string of the molecule is O=C(OCC1c2ccccc2-c2ccccc21)N1C2C=C(Cc3ccc(F)cc3)CC1CC2. The summed E-state index contributed by atoms with van der Waals surface area (Å²) < 4.78 is 19.2. The topological polar surface area (TPSA) is 29.5 Å². The van der Waals surface area contributed by atoms with Crippen molar-refractivity contribution in [3.63, 3.8) is 0 Å². The zero-order chi connectivity index (χ0) is 22.4. The van der Waals surface area contributed by atoms with E-state index in [4.69, 9.17) is 4.74 Å². The van der Waals surface area contributed by atoms with Crippen molar-refractivity contribution in [3.05, 3.63) is 107 Å². The molecule has 2 atom stereocenters. The number of halogens is 1. The van der Waals surface area contributed by atoms with E-state index in [-0.39, 0.29) is 29.9 Å². The standard InChI is InChI=1S/C29H26FNO2/c30-21-11-9-19(10-12-21)15-20-16-22-13-14-23(17-20)31(22)29(32)33-18-28-26-7-3-1-5-24(26)25-6-2-4-8-27(25)28/h1-12,16,22-23,28H,13-15,17-18H2. The molecule has 0 N–H and O–H groups in total. The lowest BCUT2D eigenvalue weighted by molar-refractivity contribution is 0.0849. The van der Waals surface area contributed by atoms with Crippen LogP contribution in [0.3, 0.4) is 0 Å². The van der Waals surface area contributed by atoms with Gasteiger partial charge in [0.2, 0.25) is 0 Å². The van der Waals surface area contributed by atoms with Gasteiger partial charge >= 0.3 is 6.09 Å². The van der Waals surface area contributed by atoms with Crippen molar-refractivity contribution < 1.29 is 13.9 Å². The Kier molecular flexibility index (Phi) is 5.01. The highest BCUT2D eigenvalue weighted by molar-refractivity contribution is 5.79. The van der Waals surface area contributed by atoms with Gasteiger partial charge in [-0.25, -0.2) is 9.18 Å². The summed E-state index contributed by atoms with van der Waals surface area (Å²) in [5, 5.41) is 0. The highest BCUT2D eigenvalue weighted by Gasteiger charge is 2.41. The largest absolute Gasteiger partial charge is 0.448 e. The van der Waals surface area contributed by atoms with Gasteiger partial charge in [0.1, 0.15) is 12.4 Å². The maximum atomic E-state index is 13.2. The van der Waals surface area contributed by atoms with Crippen molar-refractivity contribution in [2.24, 2.45) is 0 Å². The van der Waals surface area contributed by atoms with Crippen LogP contribution in [0.2, 0.25) is 0 Å². The Morgan fingerprint density at radius 1 is 0.909 bits per heavy atom. The molecular formula is C29H26FNO2. The molecule has 3 aliphatic rings. The van der Waals surface area contributed by atoms with Gasteiger partial charge in [-0.3, -0.25) is 4.90 Å². The average Bonchev–Trinajstić information content (AvgIpc) is 3.30. The zero-order valence-electron chi connectivity index (χ0n) is 18.4. The quantitative estimate of drug-likeness (QED) is 0.436. The number of carbonyl (C=O) groups excluding carboxylic acids is 1. The zero-order valence-corrected chi connectivity index (χ0v) is 18.4. The van der Waals surface area contributed by atoms with E-state index >= 15 is 0 Å². The first kappa shape index (κ1) is 20.2.